The van der Waals surface area contributed by atoms with Crippen LogP contribution in [0.3, 0.4) is 0 Å². The van der Waals surface area contributed by atoms with Gasteiger partial charge < -0.3 is 15.0 Å². The topological polar surface area (TPSA) is 67.4 Å². The summed E-state index contributed by atoms with van der Waals surface area (Å²) in [5, 5.41) is 3.33. The van der Waals surface area contributed by atoms with Crippen LogP contribution < -0.4 is 5.32 Å². The van der Waals surface area contributed by atoms with Gasteiger partial charge in [0.2, 0.25) is 0 Å². The van der Waals surface area contributed by atoms with Crippen LogP contribution in [0.25, 0.3) is 0 Å². The highest BCUT2D eigenvalue weighted by atomic mass is 16.5. The van der Waals surface area contributed by atoms with E-state index in [2.05, 4.69) is 15.3 Å². The third-order valence-corrected chi connectivity index (χ3v) is 3.83. The molecule has 1 N–H and O–H groups in total. The number of rotatable bonds is 1. The average Bonchev–Trinajstić information content (AvgIpc) is 2.48. The van der Waals surface area contributed by atoms with E-state index in [0.29, 0.717) is 25.4 Å². The number of carbonyl (C=O) groups is 1. The normalized spacial score (nSPS) is 22.4. The van der Waals surface area contributed by atoms with Crippen LogP contribution in [0.15, 0.2) is 18.6 Å². The molecule has 2 aliphatic rings. The zero-order valence-electron chi connectivity index (χ0n) is 10.8. The molecule has 1 spiro atoms. The van der Waals surface area contributed by atoms with E-state index in [1.165, 1.54) is 6.20 Å². The fourth-order valence-electron chi connectivity index (χ4n) is 2.77. The summed E-state index contributed by atoms with van der Waals surface area (Å²) < 4.78 is 5.95. The first-order valence-corrected chi connectivity index (χ1v) is 6.69. The maximum Gasteiger partial charge on any atom is 0.274 e. The van der Waals surface area contributed by atoms with E-state index in [-0.39, 0.29) is 11.5 Å². The monoisotopic (exact) mass is 262 g/mol. The number of nitrogens with one attached hydrogen (secondary N) is 1. The Kier molecular flexibility index (Phi) is 3.44. The highest BCUT2D eigenvalue weighted by Gasteiger charge is 2.39. The Balaban J connectivity index is 1.73. The van der Waals surface area contributed by atoms with Gasteiger partial charge in [0.1, 0.15) is 5.69 Å². The van der Waals surface area contributed by atoms with Gasteiger partial charge in [-0.1, -0.05) is 0 Å². The number of carbonyl (C=O) groups excluding carboxylic acids is 1. The van der Waals surface area contributed by atoms with Gasteiger partial charge in [0.15, 0.2) is 0 Å². The second-order valence-electron chi connectivity index (χ2n) is 5.10. The van der Waals surface area contributed by atoms with Crippen LogP contribution in [0.2, 0.25) is 0 Å². The molecule has 6 heteroatoms. The van der Waals surface area contributed by atoms with E-state index in [9.17, 15) is 4.79 Å². The van der Waals surface area contributed by atoms with Crippen molar-refractivity contribution in [3.05, 3.63) is 24.3 Å². The maximum absolute atomic E-state index is 12.4. The van der Waals surface area contributed by atoms with E-state index in [4.69, 9.17) is 4.74 Å². The number of piperidine rings is 1. The number of morpholine rings is 1. The number of hydrogen-bond acceptors (Lipinski definition) is 5. The van der Waals surface area contributed by atoms with Gasteiger partial charge >= 0.3 is 0 Å². The SMILES string of the molecule is O=C(c1cnccn1)N1CCOC2(CCNCC2)C1. The van der Waals surface area contributed by atoms with E-state index in [1.807, 2.05) is 4.90 Å². The van der Waals surface area contributed by atoms with Crippen LogP contribution >= 0.6 is 0 Å². The molecule has 0 aromatic carbocycles. The Morgan fingerprint density at radius 3 is 2.95 bits per heavy atom. The van der Waals surface area contributed by atoms with Gasteiger partial charge in [-0.2, -0.15) is 0 Å². The molecule has 0 saturated carbocycles. The summed E-state index contributed by atoms with van der Waals surface area (Å²) >= 11 is 0. The molecule has 2 fully saturated rings. The Labute approximate surface area is 112 Å². The zero-order valence-corrected chi connectivity index (χ0v) is 10.8. The fourth-order valence-corrected chi connectivity index (χ4v) is 2.77. The van der Waals surface area contributed by atoms with Crippen LogP contribution in [-0.2, 0) is 4.74 Å². The standard InChI is InChI=1S/C13H18N4O2/c18-12(11-9-15-5-6-16-11)17-7-8-19-13(10-17)1-3-14-4-2-13/h5-6,9,14H,1-4,7-8,10H2. The molecule has 2 aliphatic heterocycles. The maximum atomic E-state index is 12.4. The van der Waals surface area contributed by atoms with E-state index in [1.54, 1.807) is 12.4 Å². The van der Waals surface area contributed by atoms with Gasteiger partial charge in [0.25, 0.3) is 5.91 Å². The summed E-state index contributed by atoms with van der Waals surface area (Å²) in [6, 6.07) is 0. The van der Waals surface area contributed by atoms with Crippen molar-refractivity contribution in [2.45, 2.75) is 18.4 Å². The van der Waals surface area contributed by atoms with E-state index >= 15 is 0 Å². The minimum atomic E-state index is -0.165. The van der Waals surface area contributed by atoms with Crippen LogP contribution in [0.1, 0.15) is 23.3 Å². The number of nitrogens with zero attached hydrogens (tertiary/aromatic N) is 3. The predicted octanol–water partition coefficient (Wildman–Crippen LogP) is 0.0712. The summed E-state index contributed by atoms with van der Waals surface area (Å²) in [5.41, 5.74) is 0.245. The van der Waals surface area contributed by atoms with E-state index in [0.717, 1.165) is 25.9 Å². The molecule has 1 amide bonds. The summed E-state index contributed by atoms with van der Waals surface area (Å²) in [6.45, 7) is 3.79. The number of amides is 1. The van der Waals surface area contributed by atoms with Gasteiger partial charge in [0.05, 0.1) is 24.9 Å². The van der Waals surface area contributed by atoms with Gasteiger partial charge in [-0.15, -0.1) is 0 Å². The molecule has 0 bridgehead atoms. The molecule has 6 nitrogen and oxygen atoms in total. The first kappa shape index (κ1) is 12.5. The lowest BCUT2D eigenvalue weighted by Gasteiger charge is -2.45. The highest BCUT2D eigenvalue weighted by Crippen LogP contribution is 2.27. The lowest BCUT2D eigenvalue weighted by molar-refractivity contribution is -0.114. The second-order valence-corrected chi connectivity index (χ2v) is 5.10. The number of hydrogen-bond donors (Lipinski definition) is 1. The zero-order chi connectivity index (χ0) is 13.1. The molecule has 0 unspecified atom stereocenters. The van der Waals surface area contributed by atoms with Crippen molar-refractivity contribution in [1.82, 2.24) is 20.2 Å². The van der Waals surface area contributed by atoms with Crippen LogP contribution in [0.5, 0.6) is 0 Å². The summed E-state index contributed by atoms with van der Waals surface area (Å²) in [7, 11) is 0. The highest BCUT2D eigenvalue weighted by molar-refractivity contribution is 5.92. The Bertz CT molecular complexity index is 440. The fraction of sp³-hybridized carbons (Fsp3) is 0.615. The molecule has 0 atom stereocenters. The average molecular weight is 262 g/mol. The molecule has 1 aromatic heterocycles. The molecular formula is C13H18N4O2. The van der Waals surface area contributed by atoms with Crippen molar-refractivity contribution in [2.24, 2.45) is 0 Å². The van der Waals surface area contributed by atoms with Crippen molar-refractivity contribution < 1.29 is 9.53 Å². The van der Waals surface area contributed by atoms with Crippen molar-refractivity contribution >= 4 is 5.91 Å². The minimum absolute atomic E-state index is 0.0469. The smallest absolute Gasteiger partial charge is 0.274 e. The second kappa shape index (κ2) is 5.22. The molecule has 19 heavy (non-hydrogen) atoms. The third kappa shape index (κ3) is 2.59. The molecule has 102 valence electrons. The Hall–Kier alpha value is -1.53. The van der Waals surface area contributed by atoms with Crippen LogP contribution in [-0.4, -0.2) is 59.2 Å². The van der Waals surface area contributed by atoms with Gasteiger partial charge in [-0.25, -0.2) is 4.98 Å². The van der Waals surface area contributed by atoms with Gasteiger partial charge in [-0.3, -0.25) is 9.78 Å². The largest absolute Gasteiger partial charge is 0.371 e. The molecule has 3 rings (SSSR count). The molecule has 0 aliphatic carbocycles. The first-order chi connectivity index (χ1) is 9.29. The number of ether oxygens (including phenoxy) is 1. The summed E-state index contributed by atoms with van der Waals surface area (Å²) in [4.78, 5) is 22.3. The third-order valence-electron chi connectivity index (χ3n) is 3.83. The van der Waals surface area contributed by atoms with Crippen LogP contribution in [0, 0.1) is 0 Å². The predicted molar refractivity (Wildman–Crippen MR) is 68.7 cm³/mol. The number of aromatic nitrogens is 2. The summed E-state index contributed by atoms with van der Waals surface area (Å²) in [5.74, 6) is -0.0469. The molecule has 1 aromatic rings. The van der Waals surface area contributed by atoms with Crippen molar-refractivity contribution in [3.63, 3.8) is 0 Å². The van der Waals surface area contributed by atoms with Crippen molar-refractivity contribution in [1.29, 1.82) is 0 Å². The van der Waals surface area contributed by atoms with Crippen LogP contribution in [0.4, 0.5) is 0 Å². The molecular weight excluding hydrogens is 244 g/mol. The lowest BCUT2D eigenvalue weighted by Crippen LogP contribution is -2.57. The Morgan fingerprint density at radius 2 is 2.21 bits per heavy atom. The van der Waals surface area contributed by atoms with Crippen molar-refractivity contribution in [2.75, 3.05) is 32.8 Å². The quantitative estimate of drug-likeness (QED) is 0.776. The summed E-state index contributed by atoms with van der Waals surface area (Å²) in [6.07, 6.45) is 6.56. The Morgan fingerprint density at radius 1 is 1.37 bits per heavy atom. The molecule has 3 heterocycles. The van der Waals surface area contributed by atoms with E-state index < -0.39 is 0 Å². The minimum Gasteiger partial charge on any atom is -0.371 e. The molecule has 0 radical (unpaired) electrons. The van der Waals surface area contributed by atoms with Gasteiger partial charge in [-0.05, 0) is 25.9 Å². The molecule has 2 saturated heterocycles. The first-order valence-electron chi connectivity index (χ1n) is 6.69. The van der Waals surface area contributed by atoms with Crippen molar-refractivity contribution in [3.8, 4) is 0 Å². The lowest BCUT2D eigenvalue weighted by atomic mass is 9.90. The van der Waals surface area contributed by atoms with Gasteiger partial charge in [0, 0.05) is 18.9 Å².